The largest absolute Gasteiger partial charge is 0.381 e. The van der Waals surface area contributed by atoms with E-state index < -0.39 is 16.5 Å². The Morgan fingerprint density at radius 1 is 1.60 bits per heavy atom. The van der Waals surface area contributed by atoms with E-state index >= 15 is 0 Å². The topological polar surface area (TPSA) is 94.4 Å². The van der Waals surface area contributed by atoms with Gasteiger partial charge in [0.1, 0.15) is 5.56 Å². The van der Waals surface area contributed by atoms with Crippen molar-refractivity contribution in [2.45, 2.75) is 31.4 Å². The second-order valence-electron chi connectivity index (χ2n) is 4.60. The van der Waals surface area contributed by atoms with Crippen LogP contribution in [0, 0.1) is 10.1 Å². The Hall–Kier alpha value is -1.73. The molecule has 1 fully saturated rings. The van der Waals surface area contributed by atoms with Crippen molar-refractivity contribution in [1.29, 1.82) is 0 Å². The highest BCUT2D eigenvalue weighted by Gasteiger charge is 2.29. The quantitative estimate of drug-likeness (QED) is 0.521. The maximum absolute atomic E-state index is 12.1. The van der Waals surface area contributed by atoms with Gasteiger partial charge in [-0.15, -0.1) is 0 Å². The summed E-state index contributed by atoms with van der Waals surface area (Å²) >= 11 is 5.68. The third kappa shape index (κ3) is 3.05. The number of nitrogens with one attached hydrogen (secondary N) is 1. The van der Waals surface area contributed by atoms with E-state index in [4.69, 9.17) is 16.3 Å². The van der Waals surface area contributed by atoms with Gasteiger partial charge in [-0.05, 0) is 25.3 Å². The summed E-state index contributed by atoms with van der Waals surface area (Å²) < 4.78 is 5.22. The molecule has 1 aliphatic rings. The van der Waals surface area contributed by atoms with Crippen molar-refractivity contribution >= 4 is 23.2 Å². The molecule has 20 heavy (non-hydrogen) atoms. The first-order valence-corrected chi connectivity index (χ1v) is 6.53. The van der Waals surface area contributed by atoms with Crippen LogP contribution in [-0.2, 0) is 4.74 Å². The lowest BCUT2D eigenvalue weighted by Crippen LogP contribution is -2.33. The lowest BCUT2D eigenvalue weighted by atomic mass is 10.2. The predicted molar refractivity (Wildman–Crippen MR) is 71.8 cm³/mol. The van der Waals surface area contributed by atoms with Crippen molar-refractivity contribution in [3.05, 3.63) is 33.1 Å². The number of halogens is 1. The average Bonchev–Trinajstić information content (AvgIpc) is 2.85. The summed E-state index contributed by atoms with van der Waals surface area (Å²) in [5, 5.41) is 13.4. The number of methoxy groups -OCH3 is 1. The van der Waals surface area contributed by atoms with E-state index in [0.717, 1.165) is 12.8 Å². The molecule has 8 heteroatoms. The van der Waals surface area contributed by atoms with E-state index in [-0.39, 0.29) is 22.9 Å². The van der Waals surface area contributed by atoms with E-state index in [1.165, 1.54) is 12.3 Å². The minimum atomic E-state index is -0.698. The third-order valence-corrected chi connectivity index (χ3v) is 3.64. The van der Waals surface area contributed by atoms with Crippen molar-refractivity contribution in [3.63, 3.8) is 0 Å². The van der Waals surface area contributed by atoms with Gasteiger partial charge in [0.15, 0.2) is 0 Å². The van der Waals surface area contributed by atoms with Gasteiger partial charge in [-0.1, -0.05) is 11.6 Å². The molecule has 1 N–H and O–H groups in total. The number of aromatic nitrogens is 1. The first kappa shape index (κ1) is 14.7. The highest BCUT2D eigenvalue weighted by Crippen LogP contribution is 2.27. The zero-order valence-electron chi connectivity index (χ0n) is 10.8. The fourth-order valence-electron chi connectivity index (χ4n) is 2.33. The minimum absolute atomic E-state index is 0.0426. The second-order valence-corrected chi connectivity index (χ2v) is 4.95. The molecule has 0 aliphatic heterocycles. The minimum Gasteiger partial charge on any atom is -0.381 e. The Labute approximate surface area is 120 Å². The molecule has 1 aliphatic carbocycles. The number of nitro groups is 1. The van der Waals surface area contributed by atoms with E-state index in [2.05, 4.69) is 10.3 Å². The van der Waals surface area contributed by atoms with Crippen LogP contribution in [0.25, 0.3) is 0 Å². The van der Waals surface area contributed by atoms with Crippen LogP contribution in [-0.4, -0.2) is 35.1 Å². The molecule has 2 rings (SSSR count). The standard InChI is InChI=1S/C12H14ClN3O4/c1-20-8-3-2-7(6-8)15-12(17)9-4-5-14-11(13)10(9)16(18)19/h4-5,7-8H,2-3,6H2,1H3,(H,15,17). The highest BCUT2D eigenvalue weighted by molar-refractivity contribution is 6.32. The molecule has 1 aromatic heterocycles. The Balaban J connectivity index is 2.14. The van der Waals surface area contributed by atoms with Crippen molar-refractivity contribution in [2.75, 3.05) is 7.11 Å². The Kier molecular flexibility index (Phi) is 4.51. The number of nitrogens with zero attached hydrogens (tertiary/aromatic N) is 2. The summed E-state index contributed by atoms with van der Waals surface area (Å²) in [4.78, 5) is 26.0. The first-order valence-electron chi connectivity index (χ1n) is 6.15. The summed E-state index contributed by atoms with van der Waals surface area (Å²) in [5.74, 6) is -0.511. The molecule has 0 aromatic carbocycles. The van der Waals surface area contributed by atoms with Gasteiger partial charge < -0.3 is 10.1 Å². The molecular weight excluding hydrogens is 286 g/mol. The average molecular weight is 300 g/mol. The summed E-state index contributed by atoms with van der Waals surface area (Å²) in [6.45, 7) is 0. The monoisotopic (exact) mass is 299 g/mol. The Bertz CT molecular complexity index is 537. The SMILES string of the molecule is COC1CCC(NC(=O)c2ccnc(Cl)c2[N+](=O)[O-])C1. The molecular formula is C12H14ClN3O4. The van der Waals surface area contributed by atoms with Crippen LogP contribution < -0.4 is 5.32 Å². The normalized spacial score (nSPS) is 21.7. The van der Waals surface area contributed by atoms with Gasteiger partial charge in [0.05, 0.1) is 11.0 Å². The van der Waals surface area contributed by atoms with Crippen LogP contribution in [0.1, 0.15) is 29.6 Å². The number of ether oxygens (including phenoxy) is 1. The van der Waals surface area contributed by atoms with Gasteiger partial charge >= 0.3 is 5.69 Å². The zero-order valence-corrected chi connectivity index (χ0v) is 11.6. The molecule has 0 saturated heterocycles. The molecule has 2 unspecified atom stereocenters. The first-order chi connectivity index (χ1) is 9.52. The molecule has 0 spiro atoms. The summed E-state index contributed by atoms with van der Waals surface area (Å²) in [6, 6.07) is 1.25. The smallest absolute Gasteiger partial charge is 0.319 e. The molecule has 1 amide bonds. The van der Waals surface area contributed by atoms with Gasteiger partial charge in [0.2, 0.25) is 5.15 Å². The highest BCUT2D eigenvalue weighted by atomic mass is 35.5. The lowest BCUT2D eigenvalue weighted by Gasteiger charge is -2.13. The van der Waals surface area contributed by atoms with Crippen LogP contribution >= 0.6 is 11.6 Å². The molecule has 2 atom stereocenters. The van der Waals surface area contributed by atoms with E-state index in [1.54, 1.807) is 7.11 Å². The van der Waals surface area contributed by atoms with Crippen LogP contribution in [0.15, 0.2) is 12.3 Å². The maximum Gasteiger partial charge on any atom is 0.319 e. The van der Waals surface area contributed by atoms with E-state index in [1.807, 2.05) is 0 Å². The lowest BCUT2D eigenvalue weighted by molar-refractivity contribution is -0.385. The molecule has 1 heterocycles. The van der Waals surface area contributed by atoms with Crippen LogP contribution in [0.3, 0.4) is 0 Å². The van der Waals surface area contributed by atoms with Crippen LogP contribution in [0.4, 0.5) is 5.69 Å². The second kappa shape index (κ2) is 6.15. The van der Waals surface area contributed by atoms with Crippen LogP contribution in [0.2, 0.25) is 5.15 Å². The molecule has 108 valence electrons. The van der Waals surface area contributed by atoms with Gasteiger partial charge in [-0.25, -0.2) is 4.98 Å². The van der Waals surface area contributed by atoms with E-state index in [9.17, 15) is 14.9 Å². The molecule has 7 nitrogen and oxygen atoms in total. The van der Waals surface area contributed by atoms with Crippen molar-refractivity contribution in [3.8, 4) is 0 Å². The predicted octanol–water partition coefficient (Wildman–Crippen LogP) is 1.94. The number of hydrogen-bond donors (Lipinski definition) is 1. The molecule has 1 saturated carbocycles. The summed E-state index contributed by atoms with van der Waals surface area (Å²) in [6.07, 6.45) is 3.75. The van der Waals surface area contributed by atoms with Crippen molar-refractivity contribution < 1.29 is 14.5 Å². The number of rotatable bonds is 4. The van der Waals surface area contributed by atoms with Gasteiger partial charge in [0, 0.05) is 19.3 Å². The third-order valence-electron chi connectivity index (χ3n) is 3.36. The Morgan fingerprint density at radius 3 is 2.95 bits per heavy atom. The fourth-order valence-corrected chi connectivity index (χ4v) is 2.56. The number of pyridine rings is 1. The Morgan fingerprint density at radius 2 is 2.35 bits per heavy atom. The number of carbonyl (C=O) groups excluding carboxylic acids is 1. The molecule has 1 aromatic rings. The van der Waals surface area contributed by atoms with E-state index in [0.29, 0.717) is 6.42 Å². The summed E-state index contributed by atoms with van der Waals surface area (Å²) in [5.41, 5.74) is -0.538. The number of carbonyl (C=O) groups is 1. The van der Waals surface area contributed by atoms with Crippen molar-refractivity contribution in [1.82, 2.24) is 10.3 Å². The van der Waals surface area contributed by atoms with Crippen LogP contribution in [0.5, 0.6) is 0 Å². The number of hydrogen-bond acceptors (Lipinski definition) is 5. The van der Waals surface area contributed by atoms with Gasteiger partial charge in [-0.3, -0.25) is 14.9 Å². The molecule has 0 radical (unpaired) electrons. The van der Waals surface area contributed by atoms with Gasteiger partial charge in [0.25, 0.3) is 5.91 Å². The van der Waals surface area contributed by atoms with Gasteiger partial charge in [-0.2, -0.15) is 0 Å². The maximum atomic E-state index is 12.1. The number of amides is 1. The summed E-state index contributed by atoms with van der Waals surface area (Å²) in [7, 11) is 1.63. The molecule has 0 bridgehead atoms. The van der Waals surface area contributed by atoms with Crippen molar-refractivity contribution in [2.24, 2.45) is 0 Å². The zero-order chi connectivity index (χ0) is 14.7. The fraction of sp³-hybridized carbons (Fsp3) is 0.500.